The van der Waals surface area contributed by atoms with Crippen LogP contribution < -0.4 is 5.32 Å². The zero-order chi connectivity index (χ0) is 12.0. The van der Waals surface area contributed by atoms with E-state index in [9.17, 15) is 0 Å². The van der Waals surface area contributed by atoms with Gasteiger partial charge >= 0.3 is 0 Å². The van der Waals surface area contributed by atoms with Crippen molar-refractivity contribution in [2.24, 2.45) is 5.41 Å². The molecule has 0 aliphatic rings. The average molecular weight is 226 g/mol. The maximum atomic E-state index is 5.18. The second kappa shape index (κ2) is 5.96. The maximum Gasteiger partial charge on any atom is 0.137 e. The molecule has 1 atom stereocenters. The average Bonchev–Trinajstić information content (AvgIpc) is 2.68. The Labute approximate surface area is 97.2 Å². The van der Waals surface area contributed by atoms with E-state index in [1.165, 1.54) is 0 Å². The molecule has 1 aromatic rings. The lowest BCUT2D eigenvalue weighted by Crippen LogP contribution is -2.39. The molecule has 0 radical (unpaired) electrons. The second-order valence-corrected chi connectivity index (χ2v) is 5.00. The van der Waals surface area contributed by atoms with E-state index in [2.05, 4.69) is 36.2 Å². The van der Waals surface area contributed by atoms with E-state index in [0.29, 0.717) is 6.04 Å². The van der Waals surface area contributed by atoms with Crippen molar-refractivity contribution in [3.63, 3.8) is 0 Å². The lowest BCUT2D eigenvalue weighted by Gasteiger charge is -2.26. The largest absolute Gasteiger partial charge is 0.384 e. The third kappa shape index (κ3) is 4.72. The molecule has 5 nitrogen and oxygen atoms in total. The van der Waals surface area contributed by atoms with E-state index in [1.807, 2.05) is 4.68 Å². The topological polar surface area (TPSA) is 52.0 Å². The van der Waals surface area contributed by atoms with Crippen LogP contribution in [-0.4, -0.2) is 41.1 Å². The summed E-state index contributed by atoms with van der Waals surface area (Å²) in [6.45, 7) is 9.04. The molecule has 0 amide bonds. The third-order valence-electron chi connectivity index (χ3n) is 2.39. The summed E-state index contributed by atoms with van der Waals surface area (Å²) in [5, 5.41) is 7.56. The zero-order valence-corrected chi connectivity index (χ0v) is 10.6. The minimum Gasteiger partial charge on any atom is -0.384 e. The molecule has 0 saturated heterocycles. The Hall–Kier alpha value is -0.940. The van der Waals surface area contributed by atoms with Crippen molar-refractivity contribution in [1.82, 2.24) is 20.1 Å². The van der Waals surface area contributed by atoms with Crippen molar-refractivity contribution in [2.75, 3.05) is 20.3 Å². The van der Waals surface area contributed by atoms with Crippen LogP contribution in [0.25, 0.3) is 0 Å². The number of aromatic nitrogens is 3. The Balaban J connectivity index is 2.27. The van der Waals surface area contributed by atoms with Gasteiger partial charge in [0.1, 0.15) is 12.7 Å². The van der Waals surface area contributed by atoms with Crippen LogP contribution in [0.2, 0.25) is 0 Å². The third-order valence-corrected chi connectivity index (χ3v) is 2.39. The van der Waals surface area contributed by atoms with Crippen LogP contribution in [0.4, 0.5) is 0 Å². The number of methoxy groups -OCH3 is 1. The predicted molar refractivity (Wildman–Crippen MR) is 63.1 cm³/mol. The molecule has 5 heteroatoms. The van der Waals surface area contributed by atoms with Crippen LogP contribution in [0.15, 0.2) is 12.7 Å². The molecule has 1 aromatic heterocycles. The summed E-state index contributed by atoms with van der Waals surface area (Å²) < 4.78 is 7.01. The van der Waals surface area contributed by atoms with Crippen LogP contribution in [0.5, 0.6) is 0 Å². The van der Waals surface area contributed by atoms with Crippen LogP contribution in [0, 0.1) is 5.41 Å². The van der Waals surface area contributed by atoms with Crippen molar-refractivity contribution in [2.45, 2.75) is 33.4 Å². The quantitative estimate of drug-likeness (QED) is 0.751. The summed E-state index contributed by atoms with van der Waals surface area (Å²) in [4.78, 5) is 3.92. The number of ether oxygens (including phenoxy) is 1. The summed E-state index contributed by atoms with van der Waals surface area (Å²) in [7, 11) is 1.74. The summed E-state index contributed by atoms with van der Waals surface area (Å²) >= 11 is 0. The maximum absolute atomic E-state index is 5.18. The van der Waals surface area contributed by atoms with Gasteiger partial charge in [-0.1, -0.05) is 13.8 Å². The Morgan fingerprint density at radius 3 is 2.81 bits per heavy atom. The molecule has 1 rings (SSSR count). The highest BCUT2D eigenvalue weighted by molar-refractivity contribution is 4.73. The summed E-state index contributed by atoms with van der Waals surface area (Å²) in [6, 6.07) is 0.373. The summed E-state index contributed by atoms with van der Waals surface area (Å²) in [5.74, 6) is 0. The lowest BCUT2D eigenvalue weighted by molar-refractivity contribution is 0.101. The molecule has 92 valence electrons. The van der Waals surface area contributed by atoms with E-state index in [1.54, 1.807) is 19.8 Å². The molecule has 1 N–H and O–H groups in total. The number of nitrogens with one attached hydrogen (secondary N) is 1. The van der Waals surface area contributed by atoms with Gasteiger partial charge in [0.2, 0.25) is 0 Å². The summed E-state index contributed by atoms with van der Waals surface area (Å²) in [6.07, 6.45) is 3.29. The van der Waals surface area contributed by atoms with Gasteiger partial charge in [-0.05, 0) is 6.92 Å². The van der Waals surface area contributed by atoms with Crippen LogP contribution in [0.1, 0.15) is 20.8 Å². The van der Waals surface area contributed by atoms with Crippen molar-refractivity contribution >= 4 is 0 Å². The molecule has 0 spiro atoms. The lowest BCUT2D eigenvalue weighted by atomic mass is 9.94. The highest BCUT2D eigenvalue weighted by Crippen LogP contribution is 2.13. The first kappa shape index (κ1) is 13.1. The van der Waals surface area contributed by atoms with Crippen molar-refractivity contribution in [3.05, 3.63) is 12.7 Å². The first-order valence-electron chi connectivity index (χ1n) is 5.58. The fraction of sp³-hybridized carbons (Fsp3) is 0.818. The van der Waals surface area contributed by atoms with Crippen molar-refractivity contribution in [1.29, 1.82) is 0 Å². The second-order valence-electron chi connectivity index (χ2n) is 5.00. The Kier molecular flexibility index (Phi) is 4.89. The van der Waals surface area contributed by atoms with Gasteiger partial charge in [-0.2, -0.15) is 5.10 Å². The fourth-order valence-corrected chi connectivity index (χ4v) is 1.56. The fourth-order valence-electron chi connectivity index (χ4n) is 1.56. The van der Waals surface area contributed by atoms with Crippen molar-refractivity contribution < 1.29 is 4.74 Å². The van der Waals surface area contributed by atoms with E-state index in [0.717, 1.165) is 19.7 Å². The number of rotatable bonds is 7. The molecule has 0 saturated carbocycles. The molecular weight excluding hydrogens is 204 g/mol. The standard InChI is InChI=1S/C11H22N4O/c1-10(5-15-9-12-8-14-15)13-6-11(2,3)7-16-4/h8-10,13H,5-7H2,1-4H3/t10-/m0/s1. The molecule has 0 unspecified atom stereocenters. The minimum atomic E-state index is 0.158. The smallest absolute Gasteiger partial charge is 0.137 e. The van der Waals surface area contributed by atoms with E-state index in [-0.39, 0.29) is 5.41 Å². The van der Waals surface area contributed by atoms with Gasteiger partial charge in [0, 0.05) is 25.1 Å². The Bertz CT molecular complexity index is 284. The molecule has 0 bridgehead atoms. The van der Waals surface area contributed by atoms with E-state index >= 15 is 0 Å². The monoisotopic (exact) mass is 226 g/mol. The molecule has 0 aromatic carbocycles. The van der Waals surface area contributed by atoms with Crippen molar-refractivity contribution in [3.8, 4) is 0 Å². The van der Waals surface area contributed by atoms with Gasteiger partial charge in [-0.3, -0.25) is 4.68 Å². The molecular formula is C11H22N4O. The molecule has 16 heavy (non-hydrogen) atoms. The first-order chi connectivity index (χ1) is 7.53. The normalized spacial score (nSPS) is 14.0. The minimum absolute atomic E-state index is 0.158. The van der Waals surface area contributed by atoms with Gasteiger partial charge in [0.15, 0.2) is 0 Å². The molecule has 0 aliphatic carbocycles. The van der Waals surface area contributed by atoms with Crippen LogP contribution in [-0.2, 0) is 11.3 Å². The molecule has 1 heterocycles. The number of hydrogen-bond acceptors (Lipinski definition) is 4. The summed E-state index contributed by atoms with van der Waals surface area (Å²) in [5.41, 5.74) is 0.158. The van der Waals surface area contributed by atoms with E-state index < -0.39 is 0 Å². The SMILES string of the molecule is COCC(C)(C)CN[C@@H](C)Cn1cncn1. The number of nitrogens with zero attached hydrogens (tertiary/aromatic N) is 3. The van der Waals surface area contributed by atoms with Gasteiger partial charge < -0.3 is 10.1 Å². The van der Waals surface area contributed by atoms with Crippen LogP contribution >= 0.6 is 0 Å². The first-order valence-corrected chi connectivity index (χ1v) is 5.58. The van der Waals surface area contributed by atoms with Gasteiger partial charge in [-0.15, -0.1) is 0 Å². The highest BCUT2D eigenvalue weighted by Gasteiger charge is 2.18. The van der Waals surface area contributed by atoms with Gasteiger partial charge in [0.25, 0.3) is 0 Å². The highest BCUT2D eigenvalue weighted by atomic mass is 16.5. The zero-order valence-electron chi connectivity index (χ0n) is 10.6. The van der Waals surface area contributed by atoms with Gasteiger partial charge in [-0.25, -0.2) is 4.98 Å². The Morgan fingerprint density at radius 2 is 2.25 bits per heavy atom. The number of hydrogen-bond donors (Lipinski definition) is 1. The van der Waals surface area contributed by atoms with Crippen LogP contribution in [0.3, 0.4) is 0 Å². The van der Waals surface area contributed by atoms with E-state index in [4.69, 9.17) is 4.74 Å². The van der Waals surface area contributed by atoms with Gasteiger partial charge in [0.05, 0.1) is 13.2 Å². The molecule has 0 aliphatic heterocycles. The molecule has 0 fully saturated rings. The predicted octanol–water partition coefficient (Wildman–Crippen LogP) is 0.929. The Morgan fingerprint density at radius 1 is 1.50 bits per heavy atom.